The van der Waals surface area contributed by atoms with Crippen molar-refractivity contribution in [1.29, 1.82) is 0 Å². The number of nitrogens with one attached hydrogen (secondary N) is 1. The summed E-state index contributed by atoms with van der Waals surface area (Å²) in [5.74, 6) is 0. The monoisotopic (exact) mass is 245 g/mol. The van der Waals surface area contributed by atoms with E-state index in [4.69, 9.17) is 9.47 Å². The van der Waals surface area contributed by atoms with Gasteiger partial charge >= 0.3 is 0 Å². The first-order chi connectivity index (χ1) is 7.85. The van der Waals surface area contributed by atoms with Crippen LogP contribution < -0.4 is 5.32 Å². The van der Waals surface area contributed by atoms with Gasteiger partial charge in [0.25, 0.3) is 0 Å². The molecule has 0 aliphatic carbocycles. The molecule has 102 valence electrons. The Morgan fingerprint density at radius 1 is 1.35 bits per heavy atom. The van der Waals surface area contributed by atoms with Crippen LogP contribution in [0.5, 0.6) is 0 Å². The molecule has 4 heteroatoms. The molecule has 0 aromatic carbocycles. The van der Waals surface area contributed by atoms with Crippen LogP contribution in [-0.4, -0.2) is 49.2 Å². The van der Waals surface area contributed by atoms with E-state index >= 15 is 0 Å². The Balaban J connectivity index is 2.34. The summed E-state index contributed by atoms with van der Waals surface area (Å²) < 4.78 is 10.8. The molecule has 0 saturated carbocycles. The van der Waals surface area contributed by atoms with Gasteiger partial charge in [0.1, 0.15) is 0 Å². The van der Waals surface area contributed by atoms with Crippen LogP contribution in [0.15, 0.2) is 0 Å². The Hall–Kier alpha value is -0.160. The van der Waals surface area contributed by atoms with Gasteiger partial charge in [0.15, 0.2) is 0 Å². The zero-order valence-corrected chi connectivity index (χ0v) is 11.6. The lowest BCUT2D eigenvalue weighted by molar-refractivity contribution is -0.0340. The Kier molecular flexibility index (Phi) is 5.38. The minimum absolute atomic E-state index is 0.166. The van der Waals surface area contributed by atoms with Gasteiger partial charge in [-0.3, -0.25) is 0 Å². The van der Waals surface area contributed by atoms with E-state index < -0.39 is 5.60 Å². The second kappa shape index (κ2) is 6.14. The van der Waals surface area contributed by atoms with E-state index in [1.165, 1.54) is 0 Å². The second-order valence-electron chi connectivity index (χ2n) is 5.89. The van der Waals surface area contributed by atoms with Gasteiger partial charge < -0.3 is 19.9 Å². The van der Waals surface area contributed by atoms with Crippen LogP contribution in [0.4, 0.5) is 0 Å². The molecule has 0 amide bonds. The molecule has 0 aromatic rings. The highest BCUT2D eigenvalue weighted by Crippen LogP contribution is 2.25. The molecule has 1 fully saturated rings. The van der Waals surface area contributed by atoms with Crippen molar-refractivity contribution < 1.29 is 14.6 Å². The molecule has 1 heterocycles. The predicted molar refractivity (Wildman–Crippen MR) is 68.2 cm³/mol. The minimum Gasteiger partial charge on any atom is -0.390 e. The van der Waals surface area contributed by atoms with E-state index in [-0.39, 0.29) is 11.6 Å². The van der Waals surface area contributed by atoms with E-state index in [9.17, 15) is 5.11 Å². The standard InChI is InChI=1S/C13H27NO3/c1-12(2,16-4)5-6-13(3,15)9-11-10-17-8-7-14-11/h11,14-15H,5-10H2,1-4H3. The molecular weight excluding hydrogens is 218 g/mol. The number of hydrogen-bond acceptors (Lipinski definition) is 4. The molecule has 1 rings (SSSR count). The fourth-order valence-corrected chi connectivity index (χ4v) is 2.06. The summed E-state index contributed by atoms with van der Waals surface area (Å²) in [6.45, 7) is 8.34. The summed E-state index contributed by atoms with van der Waals surface area (Å²) >= 11 is 0. The first kappa shape index (κ1) is 14.9. The maximum atomic E-state index is 10.4. The summed E-state index contributed by atoms with van der Waals surface area (Å²) in [5, 5.41) is 13.7. The molecule has 0 aromatic heterocycles. The van der Waals surface area contributed by atoms with E-state index in [1.54, 1.807) is 7.11 Å². The Morgan fingerprint density at radius 2 is 2.06 bits per heavy atom. The van der Waals surface area contributed by atoms with Crippen molar-refractivity contribution in [3.63, 3.8) is 0 Å². The van der Waals surface area contributed by atoms with Crippen molar-refractivity contribution >= 4 is 0 Å². The van der Waals surface area contributed by atoms with Crippen LogP contribution in [0.2, 0.25) is 0 Å². The second-order valence-corrected chi connectivity index (χ2v) is 5.89. The summed E-state index contributed by atoms with van der Waals surface area (Å²) in [6.07, 6.45) is 2.32. The smallest absolute Gasteiger partial charge is 0.0636 e. The number of ether oxygens (including phenoxy) is 2. The Labute approximate surface area is 105 Å². The molecule has 0 bridgehead atoms. The average molecular weight is 245 g/mol. The summed E-state index contributed by atoms with van der Waals surface area (Å²) in [4.78, 5) is 0. The van der Waals surface area contributed by atoms with E-state index in [0.717, 1.165) is 32.4 Å². The van der Waals surface area contributed by atoms with E-state index in [1.807, 2.05) is 20.8 Å². The number of rotatable bonds is 6. The van der Waals surface area contributed by atoms with Crippen molar-refractivity contribution in [3.05, 3.63) is 0 Å². The van der Waals surface area contributed by atoms with Crippen molar-refractivity contribution in [2.75, 3.05) is 26.9 Å². The fraction of sp³-hybridized carbons (Fsp3) is 1.00. The van der Waals surface area contributed by atoms with Crippen molar-refractivity contribution in [3.8, 4) is 0 Å². The van der Waals surface area contributed by atoms with Gasteiger partial charge in [-0.05, 0) is 40.0 Å². The number of methoxy groups -OCH3 is 1. The molecule has 2 N–H and O–H groups in total. The van der Waals surface area contributed by atoms with Crippen molar-refractivity contribution in [2.45, 2.75) is 57.3 Å². The maximum absolute atomic E-state index is 10.4. The largest absolute Gasteiger partial charge is 0.390 e. The van der Waals surface area contributed by atoms with Crippen LogP contribution >= 0.6 is 0 Å². The lowest BCUT2D eigenvalue weighted by Gasteiger charge is -2.33. The van der Waals surface area contributed by atoms with Gasteiger partial charge in [-0.2, -0.15) is 0 Å². The third kappa shape index (κ3) is 5.82. The molecule has 2 atom stereocenters. The molecule has 0 radical (unpaired) electrons. The minimum atomic E-state index is -0.659. The van der Waals surface area contributed by atoms with Gasteiger partial charge in [-0.1, -0.05) is 0 Å². The van der Waals surface area contributed by atoms with Crippen LogP contribution in [0.25, 0.3) is 0 Å². The predicted octanol–water partition coefficient (Wildman–Crippen LogP) is 1.32. The third-order valence-corrected chi connectivity index (χ3v) is 3.50. The van der Waals surface area contributed by atoms with Gasteiger partial charge in [-0.25, -0.2) is 0 Å². The fourth-order valence-electron chi connectivity index (χ4n) is 2.06. The summed E-state index contributed by atoms with van der Waals surface area (Å²) in [6, 6.07) is 0.268. The Bertz CT molecular complexity index is 223. The quantitative estimate of drug-likeness (QED) is 0.741. The highest BCUT2D eigenvalue weighted by atomic mass is 16.5. The van der Waals surface area contributed by atoms with Gasteiger partial charge in [0.05, 0.1) is 24.4 Å². The van der Waals surface area contributed by atoms with E-state index in [2.05, 4.69) is 5.32 Å². The van der Waals surface area contributed by atoms with Crippen LogP contribution in [0.1, 0.15) is 40.0 Å². The molecular formula is C13H27NO3. The van der Waals surface area contributed by atoms with E-state index in [0.29, 0.717) is 6.61 Å². The van der Waals surface area contributed by atoms with Crippen molar-refractivity contribution in [2.24, 2.45) is 0 Å². The van der Waals surface area contributed by atoms with Gasteiger partial charge in [0.2, 0.25) is 0 Å². The molecule has 1 aliphatic rings. The SMILES string of the molecule is COC(C)(C)CCC(C)(O)CC1COCCN1. The zero-order valence-electron chi connectivity index (χ0n) is 11.6. The first-order valence-electron chi connectivity index (χ1n) is 6.43. The third-order valence-electron chi connectivity index (χ3n) is 3.50. The number of hydrogen-bond donors (Lipinski definition) is 2. The lowest BCUT2D eigenvalue weighted by Crippen LogP contribution is -2.46. The zero-order chi connectivity index (χ0) is 12.9. The molecule has 0 spiro atoms. The molecule has 17 heavy (non-hydrogen) atoms. The first-order valence-corrected chi connectivity index (χ1v) is 6.43. The molecule has 1 aliphatic heterocycles. The lowest BCUT2D eigenvalue weighted by atomic mass is 9.87. The maximum Gasteiger partial charge on any atom is 0.0636 e. The normalized spacial score (nSPS) is 25.6. The highest BCUT2D eigenvalue weighted by Gasteiger charge is 2.29. The Morgan fingerprint density at radius 3 is 2.59 bits per heavy atom. The van der Waals surface area contributed by atoms with Crippen LogP contribution in [0, 0.1) is 0 Å². The van der Waals surface area contributed by atoms with Gasteiger partial charge in [0, 0.05) is 19.7 Å². The average Bonchev–Trinajstić information content (AvgIpc) is 2.28. The summed E-state index contributed by atoms with van der Waals surface area (Å²) in [5.41, 5.74) is -0.825. The van der Waals surface area contributed by atoms with Crippen LogP contribution in [-0.2, 0) is 9.47 Å². The summed E-state index contributed by atoms with van der Waals surface area (Å²) in [7, 11) is 1.71. The number of aliphatic hydroxyl groups is 1. The topological polar surface area (TPSA) is 50.7 Å². The number of morpholine rings is 1. The van der Waals surface area contributed by atoms with Crippen LogP contribution in [0.3, 0.4) is 0 Å². The van der Waals surface area contributed by atoms with Crippen molar-refractivity contribution in [1.82, 2.24) is 5.32 Å². The molecule has 4 nitrogen and oxygen atoms in total. The molecule has 1 saturated heterocycles. The highest BCUT2D eigenvalue weighted by molar-refractivity contribution is 4.84. The van der Waals surface area contributed by atoms with Gasteiger partial charge in [-0.15, -0.1) is 0 Å². The molecule has 2 unspecified atom stereocenters.